The fourth-order valence-electron chi connectivity index (χ4n) is 1.51. The molecule has 2 aromatic rings. The van der Waals surface area contributed by atoms with Crippen molar-refractivity contribution >= 4 is 28.8 Å². The molecule has 0 saturated carbocycles. The van der Waals surface area contributed by atoms with Gasteiger partial charge in [-0.05, 0) is 22.4 Å². The number of primary amides is 1. The summed E-state index contributed by atoms with van der Waals surface area (Å²) in [6.45, 7) is 0. The summed E-state index contributed by atoms with van der Waals surface area (Å²) in [5.74, 6) is -2.00. The molecule has 0 bridgehead atoms. The molecule has 0 fully saturated rings. The molecule has 0 aliphatic rings. The van der Waals surface area contributed by atoms with Gasteiger partial charge in [0.05, 0.1) is 6.21 Å². The Morgan fingerprint density at radius 3 is 2.56 bits per heavy atom. The first kappa shape index (κ1) is 11.8. The normalized spacial score (nSPS) is 10.7. The number of carbonyl (C=O) groups is 2. The second-order valence-corrected chi connectivity index (χ2v) is 3.67. The summed E-state index contributed by atoms with van der Waals surface area (Å²) < 4.78 is 0. The van der Waals surface area contributed by atoms with Gasteiger partial charge in [0.2, 0.25) is 0 Å². The number of nitrogens with two attached hydrogens (primary N) is 1. The number of amides is 2. The third-order valence-electron chi connectivity index (χ3n) is 2.38. The van der Waals surface area contributed by atoms with Crippen LogP contribution in [0.15, 0.2) is 47.6 Å². The first-order valence-corrected chi connectivity index (χ1v) is 5.28. The van der Waals surface area contributed by atoms with Gasteiger partial charge in [-0.15, -0.1) is 0 Å². The quantitative estimate of drug-likeness (QED) is 0.462. The maximum atomic E-state index is 10.8. The van der Waals surface area contributed by atoms with Crippen molar-refractivity contribution in [3.05, 3.63) is 48.0 Å². The average Bonchev–Trinajstić information content (AvgIpc) is 2.38. The summed E-state index contributed by atoms with van der Waals surface area (Å²) in [5.41, 5.74) is 7.62. The molecule has 0 aromatic heterocycles. The molecule has 0 saturated heterocycles. The average molecular weight is 241 g/mol. The standard InChI is InChI=1S/C13H11N3O2/c14-12(17)13(18)16-15-8-9-5-6-10-3-1-2-4-11(10)7-9/h1-8H,(H2,14,17)(H,16,18). The maximum absolute atomic E-state index is 10.8. The smallest absolute Gasteiger partial charge is 0.329 e. The van der Waals surface area contributed by atoms with Crippen LogP contribution in [-0.2, 0) is 9.59 Å². The van der Waals surface area contributed by atoms with Gasteiger partial charge in [-0.2, -0.15) is 5.10 Å². The lowest BCUT2D eigenvalue weighted by molar-refractivity contribution is -0.137. The number of carbonyl (C=O) groups excluding carboxylic acids is 2. The zero-order chi connectivity index (χ0) is 13.0. The predicted octanol–water partition coefficient (Wildman–Crippen LogP) is 0.775. The Morgan fingerprint density at radius 2 is 1.83 bits per heavy atom. The summed E-state index contributed by atoms with van der Waals surface area (Å²) >= 11 is 0. The van der Waals surface area contributed by atoms with E-state index in [2.05, 4.69) is 5.10 Å². The molecule has 0 atom stereocenters. The second kappa shape index (κ2) is 5.09. The molecule has 2 aromatic carbocycles. The Hall–Kier alpha value is -2.69. The minimum absolute atomic E-state index is 0.818. The van der Waals surface area contributed by atoms with Crippen LogP contribution < -0.4 is 11.2 Å². The van der Waals surface area contributed by atoms with E-state index in [4.69, 9.17) is 5.73 Å². The summed E-state index contributed by atoms with van der Waals surface area (Å²) in [6, 6.07) is 13.6. The van der Waals surface area contributed by atoms with Crippen molar-refractivity contribution in [1.82, 2.24) is 5.43 Å². The minimum atomic E-state index is -1.06. The lowest BCUT2D eigenvalue weighted by Gasteiger charge is -1.98. The van der Waals surface area contributed by atoms with Crippen LogP contribution in [0.5, 0.6) is 0 Å². The molecule has 0 aliphatic carbocycles. The van der Waals surface area contributed by atoms with E-state index in [0.29, 0.717) is 0 Å². The molecular weight excluding hydrogens is 230 g/mol. The second-order valence-electron chi connectivity index (χ2n) is 3.67. The first-order valence-electron chi connectivity index (χ1n) is 5.28. The van der Waals surface area contributed by atoms with Crippen LogP contribution in [0.4, 0.5) is 0 Å². The fraction of sp³-hybridized carbons (Fsp3) is 0. The van der Waals surface area contributed by atoms with E-state index in [9.17, 15) is 9.59 Å². The van der Waals surface area contributed by atoms with Gasteiger partial charge in [-0.3, -0.25) is 9.59 Å². The number of hydrogen-bond acceptors (Lipinski definition) is 3. The van der Waals surface area contributed by atoms with Gasteiger partial charge in [-0.25, -0.2) is 5.43 Å². The molecule has 0 heterocycles. The molecule has 0 radical (unpaired) electrons. The molecule has 3 N–H and O–H groups in total. The molecule has 2 amide bonds. The van der Waals surface area contributed by atoms with Crippen molar-refractivity contribution in [3.63, 3.8) is 0 Å². The van der Waals surface area contributed by atoms with Crippen LogP contribution in [0.3, 0.4) is 0 Å². The van der Waals surface area contributed by atoms with Gasteiger partial charge >= 0.3 is 11.8 Å². The number of hydrogen-bond donors (Lipinski definition) is 2. The molecule has 0 spiro atoms. The summed E-state index contributed by atoms with van der Waals surface area (Å²) in [7, 11) is 0. The Bertz CT molecular complexity index is 635. The van der Waals surface area contributed by atoms with E-state index in [0.717, 1.165) is 16.3 Å². The fourth-order valence-corrected chi connectivity index (χ4v) is 1.51. The molecule has 5 nitrogen and oxygen atoms in total. The number of nitrogens with zero attached hydrogens (tertiary/aromatic N) is 1. The van der Waals surface area contributed by atoms with Crippen molar-refractivity contribution in [2.75, 3.05) is 0 Å². The van der Waals surface area contributed by atoms with Crippen LogP contribution in [0.2, 0.25) is 0 Å². The topological polar surface area (TPSA) is 84.5 Å². The van der Waals surface area contributed by atoms with Gasteiger partial charge in [-0.1, -0.05) is 36.4 Å². The largest absolute Gasteiger partial charge is 0.361 e. The maximum Gasteiger partial charge on any atom is 0.329 e. The molecule has 18 heavy (non-hydrogen) atoms. The molecule has 0 aliphatic heterocycles. The van der Waals surface area contributed by atoms with Crippen molar-refractivity contribution in [1.29, 1.82) is 0 Å². The number of hydrazone groups is 1. The summed E-state index contributed by atoms with van der Waals surface area (Å²) in [6.07, 6.45) is 1.45. The monoisotopic (exact) mass is 241 g/mol. The van der Waals surface area contributed by atoms with E-state index in [1.54, 1.807) is 0 Å². The SMILES string of the molecule is NC(=O)C(=O)NN=Cc1ccc2ccccc2c1. The van der Waals surface area contributed by atoms with Crippen molar-refractivity contribution < 1.29 is 9.59 Å². The first-order chi connectivity index (χ1) is 8.66. The van der Waals surface area contributed by atoms with E-state index in [-0.39, 0.29) is 0 Å². The highest BCUT2D eigenvalue weighted by atomic mass is 16.2. The summed E-state index contributed by atoms with van der Waals surface area (Å²) in [5, 5.41) is 5.84. The Balaban J connectivity index is 2.14. The van der Waals surface area contributed by atoms with Crippen molar-refractivity contribution in [3.8, 4) is 0 Å². The lowest BCUT2D eigenvalue weighted by Crippen LogP contribution is -2.32. The Labute approximate surface area is 103 Å². The Morgan fingerprint density at radius 1 is 1.11 bits per heavy atom. The predicted molar refractivity (Wildman–Crippen MR) is 68.9 cm³/mol. The van der Waals surface area contributed by atoms with Crippen molar-refractivity contribution in [2.45, 2.75) is 0 Å². The molecular formula is C13H11N3O2. The minimum Gasteiger partial charge on any atom is -0.361 e. The lowest BCUT2D eigenvalue weighted by atomic mass is 10.1. The van der Waals surface area contributed by atoms with Crippen LogP contribution in [0.25, 0.3) is 10.8 Å². The van der Waals surface area contributed by atoms with Crippen LogP contribution >= 0.6 is 0 Å². The number of fused-ring (bicyclic) bond motifs is 1. The van der Waals surface area contributed by atoms with Crippen LogP contribution in [0, 0.1) is 0 Å². The van der Waals surface area contributed by atoms with Gasteiger partial charge in [0.25, 0.3) is 0 Å². The number of rotatable bonds is 2. The highest BCUT2D eigenvalue weighted by Crippen LogP contribution is 2.14. The van der Waals surface area contributed by atoms with Crippen molar-refractivity contribution in [2.24, 2.45) is 10.8 Å². The van der Waals surface area contributed by atoms with Crippen LogP contribution in [-0.4, -0.2) is 18.0 Å². The number of benzene rings is 2. The third kappa shape index (κ3) is 2.70. The molecule has 5 heteroatoms. The van der Waals surface area contributed by atoms with E-state index < -0.39 is 11.8 Å². The summed E-state index contributed by atoms with van der Waals surface area (Å²) in [4.78, 5) is 21.3. The highest BCUT2D eigenvalue weighted by Gasteiger charge is 2.05. The zero-order valence-corrected chi connectivity index (χ0v) is 9.46. The van der Waals surface area contributed by atoms with E-state index >= 15 is 0 Å². The molecule has 90 valence electrons. The zero-order valence-electron chi connectivity index (χ0n) is 9.46. The molecule has 0 unspecified atom stereocenters. The number of nitrogens with one attached hydrogen (secondary N) is 1. The van der Waals surface area contributed by atoms with Gasteiger partial charge in [0.15, 0.2) is 0 Å². The van der Waals surface area contributed by atoms with Gasteiger partial charge in [0, 0.05) is 0 Å². The third-order valence-corrected chi connectivity index (χ3v) is 2.38. The van der Waals surface area contributed by atoms with E-state index in [1.807, 2.05) is 47.9 Å². The highest BCUT2D eigenvalue weighted by molar-refractivity contribution is 6.34. The van der Waals surface area contributed by atoms with Crippen LogP contribution in [0.1, 0.15) is 5.56 Å². The van der Waals surface area contributed by atoms with Gasteiger partial charge in [0.1, 0.15) is 0 Å². The van der Waals surface area contributed by atoms with E-state index in [1.165, 1.54) is 6.21 Å². The molecule has 2 rings (SSSR count). The Kier molecular flexibility index (Phi) is 3.33. The van der Waals surface area contributed by atoms with Gasteiger partial charge < -0.3 is 5.73 Å².